The lowest BCUT2D eigenvalue weighted by molar-refractivity contribution is 0.466. The van der Waals surface area contributed by atoms with Gasteiger partial charge >= 0.3 is 6.98 Å². The van der Waals surface area contributed by atoms with E-state index in [-0.39, 0.29) is 12.3 Å². The van der Waals surface area contributed by atoms with Crippen LogP contribution >= 0.6 is 11.6 Å². The molecule has 0 fully saturated rings. The highest BCUT2D eigenvalue weighted by Crippen LogP contribution is 2.16. The van der Waals surface area contributed by atoms with Crippen molar-refractivity contribution in [3.05, 3.63) is 0 Å². The molecule has 0 aliphatic rings. The Labute approximate surface area is 51.1 Å². The average molecular weight is 145 g/mol. The van der Waals surface area contributed by atoms with Gasteiger partial charge in [0, 0.05) is 5.88 Å². The number of alkyl halides is 1. The van der Waals surface area contributed by atoms with E-state index in [1.807, 2.05) is 0 Å². The predicted octanol–water partition coefficient (Wildman–Crippen LogP) is 2.46. The maximum atomic E-state index is 11.2. The summed E-state index contributed by atoms with van der Waals surface area (Å²) in [5.41, 5.74) is 0. The molecule has 0 aromatic rings. The van der Waals surface area contributed by atoms with Crippen molar-refractivity contribution in [2.45, 2.75) is 12.7 Å². The van der Waals surface area contributed by atoms with Crippen molar-refractivity contribution in [2.75, 3.05) is 5.88 Å². The van der Waals surface area contributed by atoms with Crippen molar-refractivity contribution in [2.24, 2.45) is 0 Å². The SMILES string of the molecule is F[B-](F)(F)CCCCl. The minimum atomic E-state index is -4.59. The van der Waals surface area contributed by atoms with Gasteiger partial charge in [-0.25, -0.2) is 0 Å². The van der Waals surface area contributed by atoms with Crippen molar-refractivity contribution in [3.8, 4) is 0 Å². The molecule has 0 spiro atoms. The maximum absolute atomic E-state index is 11.2. The fourth-order valence-electron chi connectivity index (χ4n) is 0.309. The molecule has 0 saturated carbocycles. The Hall–Kier alpha value is 0.145. The molecule has 0 aromatic heterocycles. The third kappa shape index (κ3) is 6.14. The van der Waals surface area contributed by atoms with Crippen LogP contribution in [-0.4, -0.2) is 12.9 Å². The molecule has 0 aliphatic carbocycles. The van der Waals surface area contributed by atoms with E-state index in [0.717, 1.165) is 0 Å². The monoisotopic (exact) mass is 145 g/mol. The third-order valence-corrected chi connectivity index (χ3v) is 0.932. The lowest BCUT2D eigenvalue weighted by atomic mass is 9.85. The molecule has 0 radical (unpaired) electrons. The first kappa shape index (κ1) is 8.14. The number of rotatable bonds is 3. The Bertz CT molecular complexity index is 62.0. The van der Waals surface area contributed by atoms with Gasteiger partial charge in [0.1, 0.15) is 0 Å². The van der Waals surface area contributed by atoms with E-state index >= 15 is 0 Å². The average Bonchev–Trinajstić information content (AvgIpc) is 1.59. The summed E-state index contributed by atoms with van der Waals surface area (Å²) in [6.07, 6.45) is -0.658. The zero-order chi connectivity index (χ0) is 6.62. The number of hydrogen-bond donors (Lipinski definition) is 0. The smallest absolute Gasteiger partial charge is 0.449 e. The molecule has 0 saturated heterocycles. The van der Waals surface area contributed by atoms with Gasteiger partial charge in [-0.1, -0.05) is 12.7 Å². The van der Waals surface area contributed by atoms with Crippen LogP contribution in [0.3, 0.4) is 0 Å². The van der Waals surface area contributed by atoms with E-state index in [9.17, 15) is 12.9 Å². The fraction of sp³-hybridized carbons (Fsp3) is 1.00. The molecule has 8 heavy (non-hydrogen) atoms. The summed E-state index contributed by atoms with van der Waals surface area (Å²) in [5.74, 6) is 0.0985. The van der Waals surface area contributed by atoms with E-state index in [1.54, 1.807) is 0 Å². The lowest BCUT2D eigenvalue weighted by Crippen LogP contribution is -2.13. The summed E-state index contributed by atoms with van der Waals surface area (Å²) in [5, 5.41) is 0. The Balaban J connectivity index is 3.11. The molecule has 0 nitrogen and oxygen atoms in total. The van der Waals surface area contributed by atoms with E-state index in [1.165, 1.54) is 0 Å². The second kappa shape index (κ2) is 3.23. The van der Waals surface area contributed by atoms with Crippen LogP contribution in [0.5, 0.6) is 0 Å². The van der Waals surface area contributed by atoms with Crippen LogP contribution < -0.4 is 0 Å². The zero-order valence-corrected chi connectivity index (χ0v) is 4.97. The minimum absolute atomic E-state index is 0.0467. The van der Waals surface area contributed by atoms with Gasteiger partial charge < -0.3 is 12.9 Å². The first-order valence-corrected chi connectivity index (χ1v) is 2.86. The standard InChI is InChI=1S/C3H6BClF3/c5-3-1-2-4(6,7)8/h1-3H2/q-1. The Morgan fingerprint density at radius 2 is 1.75 bits per heavy atom. The van der Waals surface area contributed by atoms with Crippen LogP contribution in [0.2, 0.25) is 6.32 Å². The summed E-state index contributed by atoms with van der Waals surface area (Å²) in [4.78, 5) is 0. The largest absolute Gasteiger partial charge is 0.478 e. The number of hydrogen-bond acceptors (Lipinski definition) is 0. The molecule has 0 aliphatic heterocycles. The summed E-state index contributed by atoms with van der Waals surface area (Å²) in [6, 6.07) is 0. The van der Waals surface area contributed by atoms with Gasteiger partial charge in [-0.3, -0.25) is 0 Å². The Morgan fingerprint density at radius 1 is 1.25 bits per heavy atom. The Kier molecular flexibility index (Phi) is 3.28. The summed E-state index contributed by atoms with van der Waals surface area (Å²) < 4.78 is 33.7. The van der Waals surface area contributed by atoms with Crippen molar-refractivity contribution in [1.82, 2.24) is 0 Å². The van der Waals surface area contributed by atoms with E-state index in [4.69, 9.17) is 11.6 Å². The van der Waals surface area contributed by atoms with Crippen LogP contribution in [0.15, 0.2) is 0 Å². The summed E-state index contributed by atoms with van der Waals surface area (Å²) >= 11 is 5.02. The van der Waals surface area contributed by atoms with Crippen molar-refractivity contribution >= 4 is 18.6 Å². The third-order valence-electron chi connectivity index (χ3n) is 0.665. The first-order chi connectivity index (χ1) is 3.56. The molecule has 5 heteroatoms. The molecule has 0 bridgehead atoms. The van der Waals surface area contributed by atoms with Crippen LogP contribution in [0, 0.1) is 0 Å². The minimum Gasteiger partial charge on any atom is -0.449 e. The molecule has 0 atom stereocenters. The van der Waals surface area contributed by atoms with E-state index in [0.29, 0.717) is 0 Å². The second-order valence-corrected chi connectivity index (χ2v) is 1.92. The van der Waals surface area contributed by atoms with Crippen LogP contribution in [-0.2, 0) is 0 Å². The molecule has 0 aromatic carbocycles. The van der Waals surface area contributed by atoms with Gasteiger partial charge in [-0.15, -0.1) is 11.6 Å². The lowest BCUT2D eigenvalue weighted by Gasteiger charge is -2.10. The molecule has 0 unspecified atom stereocenters. The van der Waals surface area contributed by atoms with Gasteiger partial charge in [-0.2, -0.15) is 0 Å². The molecular weight excluding hydrogens is 139 g/mol. The van der Waals surface area contributed by atoms with Crippen LogP contribution in [0.1, 0.15) is 6.42 Å². The predicted molar refractivity (Wildman–Crippen MR) is 29.2 cm³/mol. The van der Waals surface area contributed by atoms with Gasteiger partial charge in [-0.05, 0) is 0 Å². The van der Waals surface area contributed by atoms with Crippen LogP contribution in [0.25, 0.3) is 0 Å². The highest BCUT2D eigenvalue weighted by molar-refractivity contribution is 6.58. The zero-order valence-electron chi connectivity index (χ0n) is 4.21. The molecule has 0 amide bonds. The maximum Gasteiger partial charge on any atom is 0.478 e. The molecular formula is C3H6BClF3-. The highest BCUT2D eigenvalue weighted by atomic mass is 35.5. The summed E-state index contributed by atoms with van der Waals surface area (Å²) in [7, 11) is 0. The highest BCUT2D eigenvalue weighted by Gasteiger charge is 2.20. The van der Waals surface area contributed by atoms with Gasteiger partial charge in [0.25, 0.3) is 0 Å². The number of halogens is 4. The topological polar surface area (TPSA) is 0 Å². The van der Waals surface area contributed by atoms with Crippen molar-refractivity contribution in [1.29, 1.82) is 0 Å². The molecule has 0 heterocycles. The van der Waals surface area contributed by atoms with Gasteiger partial charge in [0.05, 0.1) is 0 Å². The van der Waals surface area contributed by atoms with Crippen molar-refractivity contribution < 1.29 is 12.9 Å². The van der Waals surface area contributed by atoms with Crippen molar-refractivity contribution in [3.63, 3.8) is 0 Å². The van der Waals surface area contributed by atoms with Crippen LogP contribution in [0.4, 0.5) is 12.9 Å². The van der Waals surface area contributed by atoms with E-state index < -0.39 is 13.3 Å². The normalized spacial score (nSPS) is 12.0. The molecule has 0 rings (SSSR count). The molecule has 50 valence electrons. The van der Waals surface area contributed by atoms with E-state index in [2.05, 4.69) is 0 Å². The Morgan fingerprint density at radius 3 is 1.88 bits per heavy atom. The fourth-order valence-corrected chi connectivity index (χ4v) is 0.463. The first-order valence-electron chi connectivity index (χ1n) is 2.33. The van der Waals surface area contributed by atoms with Gasteiger partial charge in [0.2, 0.25) is 0 Å². The second-order valence-electron chi connectivity index (χ2n) is 1.54. The summed E-state index contributed by atoms with van der Waals surface area (Å²) in [6.45, 7) is -4.59. The quantitative estimate of drug-likeness (QED) is 0.423. The molecule has 0 N–H and O–H groups in total. The van der Waals surface area contributed by atoms with Gasteiger partial charge in [0.15, 0.2) is 0 Å².